The number of thiophene rings is 1. The third-order valence-electron chi connectivity index (χ3n) is 8.53. The van der Waals surface area contributed by atoms with Crippen LogP contribution >= 0.6 is 11.3 Å². The van der Waals surface area contributed by atoms with Crippen molar-refractivity contribution in [2.24, 2.45) is 0 Å². The number of para-hydroxylation sites is 3. The van der Waals surface area contributed by atoms with Crippen LogP contribution in [0.1, 0.15) is 0 Å². The van der Waals surface area contributed by atoms with Crippen molar-refractivity contribution in [1.29, 1.82) is 0 Å². The number of nitrogens with zero attached hydrogens (tertiary/aromatic N) is 5. The molecule has 0 fully saturated rings. The topological polar surface area (TPSA) is 40.0 Å². The quantitative estimate of drug-likeness (QED) is 0.213. The first-order chi connectivity index (χ1) is 20.8. The lowest BCUT2D eigenvalue weighted by atomic mass is 10.1. The molecule has 10 aromatic rings. The second-order valence-electron chi connectivity index (χ2n) is 10.7. The van der Waals surface area contributed by atoms with Crippen molar-refractivity contribution in [2.75, 3.05) is 0 Å². The van der Waals surface area contributed by atoms with Gasteiger partial charge in [0.1, 0.15) is 10.3 Å². The molecule has 0 amide bonds. The highest BCUT2D eigenvalue weighted by atomic mass is 32.1. The summed E-state index contributed by atoms with van der Waals surface area (Å²) in [5, 5.41) is 10.8. The molecule has 196 valence electrons. The van der Waals surface area contributed by atoms with Crippen LogP contribution in [0, 0.1) is 0 Å². The summed E-state index contributed by atoms with van der Waals surface area (Å²) in [5.41, 5.74) is 9.02. The van der Waals surface area contributed by atoms with Gasteiger partial charge in [-0.05, 0) is 54.6 Å². The number of fused-ring (bicyclic) bond motifs is 12. The third-order valence-corrected chi connectivity index (χ3v) is 9.58. The molecule has 0 radical (unpaired) electrons. The van der Waals surface area contributed by atoms with Gasteiger partial charge in [-0.15, -0.1) is 11.3 Å². The van der Waals surface area contributed by atoms with Gasteiger partial charge < -0.3 is 9.13 Å². The van der Waals surface area contributed by atoms with Crippen molar-refractivity contribution < 1.29 is 0 Å². The highest BCUT2D eigenvalue weighted by molar-refractivity contribution is 7.25. The molecule has 0 aliphatic carbocycles. The van der Waals surface area contributed by atoms with Gasteiger partial charge in [0.25, 0.3) is 0 Å². The number of imidazole rings is 1. The van der Waals surface area contributed by atoms with Crippen LogP contribution in [0.3, 0.4) is 0 Å². The summed E-state index contributed by atoms with van der Waals surface area (Å²) < 4.78 is 8.05. The van der Waals surface area contributed by atoms with Crippen molar-refractivity contribution >= 4 is 81.0 Å². The second kappa shape index (κ2) is 8.06. The molecule has 0 aliphatic rings. The average Bonchev–Trinajstić information content (AvgIpc) is 3.77. The van der Waals surface area contributed by atoms with E-state index in [-0.39, 0.29) is 0 Å². The van der Waals surface area contributed by atoms with E-state index in [2.05, 4.69) is 123 Å². The molecule has 42 heavy (non-hydrogen) atoms. The molecule has 5 aromatic heterocycles. The van der Waals surface area contributed by atoms with E-state index >= 15 is 0 Å². The fourth-order valence-electron chi connectivity index (χ4n) is 6.82. The van der Waals surface area contributed by atoms with Crippen LogP contribution in [0.4, 0.5) is 0 Å². The zero-order valence-electron chi connectivity index (χ0n) is 22.3. The largest absolute Gasteiger partial charge is 0.307 e. The predicted octanol–water partition coefficient (Wildman–Crippen LogP) is 9.29. The predicted molar refractivity (Wildman–Crippen MR) is 175 cm³/mol. The normalized spacial score (nSPS) is 12.3. The number of hydrogen-bond donors (Lipinski definition) is 0. The number of benzene rings is 5. The minimum Gasteiger partial charge on any atom is -0.307 e. The number of hydrogen-bond acceptors (Lipinski definition) is 3. The summed E-state index contributed by atoms with van der Waals surface area (Å²) in [6.45, 7) is 0. The molecule has 6 heteroatoms. The van der Waals surface area contributed by atoms with Gasteiger partial charge in [0.2, 0.25) is 0 Å². The Balaban J connectivity index is 1.41. The average molecular weight is 556 g/mol. The first-order valence-electron chi connectivity index (χ1n) is 14.0. The Morgan fingerprint density at radius 3 is 1.90 bits per heavy atom. The molecule has 0 aliphatic heterocycles. The second-order valence-corrected chi connectivity index (χ2v) is 11.8. The van der Waals surface area contributed by atoms with Gasteiger partial charge in [-0.1, -0.05) is 66.7 Å². The summed E-state index contributed by atoms with van der Waals surface area (Å²) in [7, 11) is 0. The molecular formula is C36H21N5S. The summed E-state index contributed by atoms with van der Waals surface area (Å²) in [6, 6.07) is 43.5. The van der Waals surface area contributed by atoms with Gasteiger partial charge in [0.05, 0.1) is 22.1 Å². The minimum absolute atomic E-state index is 0.872. The lowest BCUT2D eigenvalue weighted by molar-refractivity contribution is 0.968. The molecule has 0 saturated carbocycles. The Kier molecular flexibility index (Phi) is 4.27. The van der Waals surface area contributed by atoms with E-state index in [0.29, 0.717) is 0 Å². The fourth-order valence-corrected chi connectivity index (χ4v) is 7.86. The highest BCUT2D eigenvalue weighted by Crippen LogP contribution is 2.42. The van der Waals surface area contributed by atoms with Crippen molar-refractivity contribution in [3.05, 3.63) is 128 Å². The molecule has 5 nitrogen and oxygen atoms in total. The molecule has 0 saturated heterocycles. The first kappa shape index (κ1) is 22.3. The fraction of sp³-hybridized carbons (Fsp3) is 0. The van der Waals surface area contributed by atoms with Gasteiger partial charge in [-0.2, -0.15) is 5.10 Å². The Morgan fingerprint density at radius 1 is 0.500 bits per heavy atom. The highest BCUT2D eigenvalue weighted by Gasteiger charge is 2.22. The molecular weight excluding hydrogens is 534 g/mol. The van der Waals surface area contributed by atoms with Crippen LogP contribution in [0.25, 0.3) is 81.1 Å². The standard InChI is InChI=1S/C36H21N5S/c1-2-9-22(10-3-1)39-29-13-6-4-11-24(29)26-17-18-27-25-12-5-7-14-30(25)40(34(27)33(26)39)23-16-19-31-28(21-23)35-36(42-31)38-32-15-8-20-37-41(32)35/h1-21H. The summed E-state index contributed by atoms with van der Waals surface area (Å²) in [5.74, 6) is 0. The Labute approximate surface area is 243 Å². The number of aromatic nitrogens is 5. The Bertz CT molecular complexity index is 2690. The van der Waals surface area contributed by atoms with Crippen LogP contribution in [0.15, 0.2) is 128 Å². The van der Waals surface area contributed by atoms with Gasteiger partial charge in [-0.3, -0.25) is 0 Å². The molecule has 5 aromatic carbocycles. The maximum atomic E-state index is 4.86. The van der Waals surface area contributed by atoms with E-state index in [4.69, 9.17) is 4.98 Å². The smallest absolute Gasteiger partial charge is 0.155 e. The van der Waals surface area contributed by atoms with E-state index in [0.717, 1.165) is 27.4 Å². The number of rotatable bonds is 2. The van der Waals surface area contributed by atoms with Crippen LogP contribution < -0.4 is 0 Å². The van der Waals surface area contributed by atoms with Gasteiger partial charge in [-0.25, -0.2) is 9.50 Å². The third kappa shape index (κ3) is 2.81. The van der Waals surface area contributed by atoms with Crippen LogP contribution in [0.2, 0.25) is 0 Å². The SMILES string of the molecule is c1ccc(-n2c3ccccc3c3ccc4c5ccccc5n(-c5ccc6sc7nc8cccnn8c7c6c5)c4c32)cc1. The summed E-state index contributed by atoms with van der Waals surface area (Å²) in [4.78, 5) is 5.87. The van der Waals surface area contributed by atoms with E-state index < -0.39 is 0 Å². The Morgan fingerprint density at radius 2 is 1.17 bits per heavy atom. The van der Waals surface area contributed by atoms with Crippen molar-refractivity contribution in [3.8, 4) is 11.4 Å². The van der Waals surface area contributed by atoms with Crippen LogP contribution in [-0.4, -0.2) is 23.7 Å². The lowest BCUT2D eigenvalue weighted by Gasteiger charge is -2.12. The van der Waals surface area contributed by atoms with Gasteiger partial charge >= 0.3 is 0 Å². The molecule has 10 rings (SSSR count). The lowest BCUT2D eigenvalue weighted by Crippen LogP contribution is -1.98. The monoisotopic (exact) mass is 555 g/mol. The first-order valence-corrected chi connectivity index (χ1v) is 14.8. The van der Waals surface area contributed by atoms with Crippen LogP contribution in [0.5, 0.6) is 0 Å². The molecule has 0 bridgehead atoms. The van der Waals surface area contributed by atoms with Crippen molar-refractivity contribution in [1.82, 2.24) is 23.7 Å². The maximum Gasteiger partial charge on any atom is 0.155 e. The van der Waals surface area contributed by atoms with Gasteiger partial charge in [0.15, 0.2) is 5.65 Å². The summed E-state index contributed by atoms with van der Waals surface area (Å²) >= 11 is 1.72. The minimum atomic E-state index is 0.872. The van der Waals surface area contributed by atoms with E-state index in [1.807, 2.05) is 22.8 Å². The maximum absolute atomic E-state index is 4.86. The van der Waals surface area contributed by atoms with Crippen molar-refractivity contribution in [3.63, 3.8) is 0 Å². The molecule has 0 atom stereocenters. The zero-order valence-corrected chi connectivity index (χ0v) is 23.1. The van der Waals surface area contributed by atoms with Crippen LogP contribution in [-0.2, 0) is 0 Å². The van der Waals surface area contributed by atoms with E-state index in [1.54, 1.807) is 11.3 Å². The summed E-state index contributed by atoms with van der Waals surface area (Å²) in [6.07, 6.45) is 1.83. The zero-order chi connectivity index (χ0) is 27.4. The molecule has 0 unspecified atom stereocenters. The molecule has 5 heterocycles. The molecule has 0 spiro atoms. The van der Waals surface area contributed by atoms with E-state index in [1.165, 1.54) is 53.7 Å². The van der Waals surface area contributed by atoms with E-state index in [9.17, 15) is 0 Å². The van der Waals surface area contributed by atoms with Gasteiger partial charge in [0, 0.05) is 49.2 Å². The molecule has 0 N–H and O–H groups in total. The van der Waals surface area contributed by atoms with Crippen molar-refractivity contribution in [2.45, 2.75) is 0 Å². The Hall–Kier alpha value is -5.46.